The number of nitrogens with zero attached hydrogens (tertiary/aromatic N) is 3. The van der Waals surface area contributed by atoms with E-state index in [0.717, 1.165) is 43.9 Å². The van der Waals surface area contributed by atoms with Gasteiger partial charge in [0.1, 0.15) is 5.82 Å². The summed E-state index contributed by atoms with van der Waals surface area (Å²) in [7, 11) is 0. The summed E-state index contributed by atoms with van der Waals surface area (Å²) in [4.78, 5) is 15.7. The van der Waals surface area contributed by atoms with Crippen molar-refractivity contribution < 1.29 is 14.6 Å². The van der Waals surface area contributed by atoms with E-state index in [1.54, 1.807) is 4.68 Å². The molecule has 1 saturated heterocycles. The maximum absolute atomic E-state index is 11.2. The zero-order valence-electron chi connectivity index (χ0n) is 10.2. The van der Waals surface area contributed by atoms with Crippen molar-refractivity contribution >= 4 is 5.97 Å². The van der Waals surface area contributed by atoms with Crippen molar-refractivity contribution in [1.29, 1.82) is 0 Å². The molecular weight excluding hydrogens is 234 g/mol. The third-order valence-electron chi connectivity index (χ3n) is 3.70. The molecule has 3 heterocycles. The third-order valence-corrected chi connectivity index (χ3v) is 3.70. The number of hydrogen-bond acceptors (Lipinski definition) is 4. The maximum Gasteiger partial charge on any atom is 0.328 e. The minimum absolute atomic E-state index is 0.228. The fourth-order valence-corrected chi connectivity index (χ4v) is 2.72. The lowest BCUT2D eigenvalue weighted by Crippen LogP contribution is -2.26. The van der Waals surface area contributed by atoms with Crippen LogP contribution in [0, 0.1) is 0 Å². The highest BCUT2D eigenvalue weighted by Gasteiger charge is 2.30. The summed E-state index contributed by atoms with van der Waals surface area (Å²) in [6.45, 7) is 1.46. The first-order valence-electron chi connectivity index (χ1n) is 6.51. The second kappa shape index (κ2) is 4.68. The Hall–Kier alpha value is -1.43. The van der Waals surface area contributed by atoms with Gasteiger partial charge in [0.05, 0.1) is 6.61 Å². The Morgan fingerprint density at radius 2 is 2.28 bits per heavy atom. The van der Waals surface area contributed by atoms with Crippen molar-refractivity contribution in [3.63, 3.8) is 0 Å². The summed E-state index contributed by atoms with van der Waals surface area (Å²) in [6, 6.07) is -0.542. The van der Waals surface area contributed by atoms with Crippen LogP contribution < -0.4 is 0 Å². The van der Waals surface area contributed by atoms with E-state index in [4.69, 9.17) is 4.74 Å². The molecule has 2 aliphatic heterocycles. The van der Waals surface area contributed by atoms with Gasteiger partial charge in [-0.1, -0.05) is 0 Å². The van der Waals surface area contributed by atoms with Crippen LogP contribution in [0.25, 0.3) is 0 Å². The highest BCUT2D eigenvalue weighted by atomic mass is 16.5. The first-order chi connectivity index (χ1) is 8.75. The van der Waals surface area contributed by atoms with Gasteiger partial charge in [0, 0.05) is 18.9 Å². The molecule has 1 aromatic heterocycles. The van der Waals surface area contributed by atoms with Crippen molar-refractivity contribution in [1.82, 2.24) is 14.8 Å². The normalized spacial score (nSPS) is 27.8. The van der Waals surface area contributed by atoms with Gasteiger partial charge in [0.2, 0.25) is 0 Å². The van der Waals surface area contributed by atoms with Gasteiger partial charge in [-0.15, -0.1) is 0 Å². The lowest BCUT2D eigenvalue weighted by atomic mass is 10.0. The predicted octanol–water partition coefficient (Wildman–Crippen LogP) is 1.13. The average molecular weight is 251 g/mol. The number of aliphatic carboxylic acids is 1. The monoisotopic (exact) mass is 251 g/mol. The van der Waals surface area contributed by atoms with Crippen LogP contribution in [0.1, 0.15) is 49.3 Å². The molecule has 2 aliphatic rings. The summed E-state index contributed by atoms with van der Waals surface area (Å²) in [5, 5.41) is 13.6. The molecule has 0 aromatic carbocycles. The maximum atomic E-state index is 11.2. The van der Waals surface area contributed by atoms with Crippen LogP contribution in [0.4, 0.5) is 0 Å². The average Bonchev–Trinajstić information content (AvgIpc) is 2.83. The molecule has 2 atom stereocenters. The number of carboxylic acids is 1. The highest BCUT2D eigenvalue weighted by Crippen LogP contribution is 2.28. The summed E-state index contributed by atoms with van der Waals surface area (Å²) in [5.41, 5.74) is 0. The van der Waals surface area contributed by atoms with E-state index in [-0.39, 0.29) is 5.92 Å². The van der Waals surface area contributed by atoms with Crippen LogP contribution in [0.15, 0.2) is 0 Å². The van der Waals surface area contributed by atoms with Gasteiger partial charge >= 0.3 is 5.97 Å². The molecule has 1 fully saturated rings. The highest BCUT2D eigenvalue weighted by molar-refractivity contribution is 5.71. The lowest BCUT2D eigenvalue weighted by Gasteiger charge is -2.20. The van der Waals surface area contributed by atoms with E-state index < -0.39 is 12.0 Å². The molecule has 1 aromatic rings. The Kier molecular flexibility index (Phi) is 3.03. The number of carbonyl (C=O) groups is 1. The topological polar surface area (TPSA) is 77.2 Å². The smallest absolute Gasteiger partial charge is 0.328 e. The second-order valence-electron chi connectivity index (χ2n) is 4.99. The van der Waals surface area contributed by atoms with Gasteiger partial charge in [-0.05, 0) is 25.7 Å². The number of rotatable bonds is 2. The van der Waals surface area contributed by atoms with E-state index in [9.17, 15) is 9.90 Å². The van der Waals surface area contributed by atoms with Gasteiger partial charge in [-0.3, -0.25) is 0 Å². The van der Waals surface area contributed by atoms with Crippen molar-refractivity contribution in [2.75, 3.05) is 13.2 Å². The molecule has 18 heavy (non-hydrogen) atoms. The fraction of sp³-hybridized carbons (Fsp3) is 0.750. The number of ether oxygens (including phenoxy) is 1. The van der Waals surface area contributed by atoms with E-state index in [0.29, 0.717) is 13.0 Å². The molecule has 0 radical (unpaired) electrons. The van der Waals surface area contributed by atoms with Crippen LogP contribution >= 0.6 is 0 Å². The van der Waals surface area contributed by atoms with Crippen LogP contribution in [-0.4, -0.2) is 39.1 Å². The molecule has 2 unspecified atom stereocenters. The molecule has 0 spiro atoms. The molecule has 0 bridgehead atoms. The molecular formula is C12H17N3O3. The van der Waals surface area contributed by atoms with Gasteiger partial charge in [-0.25, -0.2) is 14.5 Å². The van der Waals surface area contributed by atoms with Crippen molar-refractivity contribution in [3.8, 4) is 0 Å². The fourth-order valence-electron chi connectivity index (χ4n) is 2.72. The van der Waals surface area contributed by atoms with Crippen LogP contribution in [0.5, 0.6) is 0 Å². The third kappa shape index (κ3) is 2.01. The predicted molar refractivity (Wildman–Crippen MR) is 62.4 cm³/mol. The number of carboxylic acid groups (broad SMARTS) is 1. The Morgan fingerprint density at radius 1 is 1.39 bits per heavy atom. The minimum Gasteiger partial charge on any atom is -0.480 e. The Labute approximate surface area is 105 Å². The quantitative estimate of drug-likeness (QED) is 0.852. The van der Waals surface area contributed by atoms with Crippen molar-refractivity contribution in [2.24, 2.45) is 0 Å². The molecule has 0 amide bonds. The summed E-state index contributed by atoms with van der Waals surface area (Å²) in [6.07, 6.45) is 4.39. The molecule has 1 N–H and O–H groups in total. The van der Waals surface area contributed by atoms with Gasteiger partial charge in [0.15, 0.2) is 11.9 Å². The number of fused-ring (bicyclic) bond motifs is 1. The zero-order chi connectivity index (χ0) is 12.5. The van der Waals surface area contributed by atoms with E-state index in [1.165, 1.54) is 0 Å². The zero-order valence-corrected chi connectivity index (χ0v) is 10.2. The van der Waals surface area contributed by atoms with Crippen LogP contribution in [0.3, 0.4) is 0 Å². The lowest BCUT2D eigenvalue weighted by molar-refractivity contribution is -0.141. The molecule has 0 saturated carbocycles. The van der Waals surface area contributed by atoms with Crippen LogP contribution in [-0.2, 0) is 16.0 Å². The number of aromatic nitrogens is 3. The molecule has 0 aliphatic carbocycles. The SMILES string of the molecule is O=C(O)C1CCCc2nc(C3CCCOC3)nn21. The molecule has 6 heteroatoms. The van der Waals surface area contributed by atoms with E-state index >= 15 is 0 Å². The summed E-state index contributed by atoms with van der Waals surface area (Å²) >= 11 is 0. The number of hydrogen-bond donors (Lipinski definition) is 1. The summed E-state index contributed by atoms with van der Waals surface area (Å²) < 4.78 is 7.04. The van der Waals surface area contributed by atoms with Gasteiger partial charge in [0.25, 0.3) is 0 Å². The first kappa shape index (κ1) is 11.6. The van der Waals surface area contributed by atoms with Crippen LogP contribution in [0.2, 0.25) is 0 Å². The van der Waals surface area contributed by atoms with Crippen molar-refractivity contribution in [2.45, 2.75) is 44.1 Å². The molecule has 6 nitrogen and oxygen atoms in total. The van der Waals surface area contributed by atoms with Gasteiger partial charge in [-0.2, -0.15) is 5.10 Å². The minimum atomic E-state index is -0.813. The standard InChI is InChI=1S/C12H17N3O3/c16-12(17)9-4-1-5-10-13-11(14-15(9)10)8-3-2-6-18-7-8/h8-9H,1-7H2,(H,16,17). The largest absolute Gasteiger partial charge is 0.480 e. The Balaban J connectivity index is 1.88. The first-order valence-corrected chi connectivity index (χ1v) is 6.51. The van der Waals surface area contributed by atoms with Gasteiger partial charge < -0.3 is 9.84 Å². The number of aryl methyl sites for hydroxylation is 1. The Morgan fingerprint density at radius 3 is 3.00 bits per heavy atom. The Bertz CT molecular complexity index is 451. The molecule has 3 rings (SSSR count). The second-order valence-corrected chi connectivity index (χ2v) is 4.99. The van der Waals surface area contributed by atoms with Crippen molar-refractivity contribution in [3.05, 3.63) is 11.6 Å². The summed E-state index contributed by atoms with van der Waals surface area (Å²) in [5.74, 6) is 0.991. The van der Waals surface area contributed by atoms with E-state index in [2.05, 4.69) is 10.1 Å². The molecule has 98 valence electrons. The van der Waals surface area contributed by atoms with E-state index in [1.807, 2.05) is 0 Å².